The molecule has 0 atom stereocenters. The van der Waals surface area contributed by atoms with Crippen LogP contribution in [0.4, 0.5) is 5.82 Å². The van der Waals surface area contributed by atoms with Gasteiger partial charge in [-0.2, -0.15) is 0 Å². The molecule has 0 spiro atoms. The van der Waals surface area contributed by atoms with E-state index >= 15 is 0 Å². The lowest BCUT2D eigenvalue weighted by molar-refractivity contribution is -0.126. The van der Waals surface area contributed by atoms with Crippen molar-refractivity contribution in [3.8, 4) is 0 Å². The molecule has 2 aromatic rings. The van der Waals surface area contributed by atoms with Gasteiger partial charge in [0.1, 0.15) is 5.82 Å². The van der Waals surface area contributed by atoms with E-state index in [1.807, 2.05) is 6.20 Å². The van der Waals surface area contributed by atoms with E-state index in [2.05, 4.69) is 45.5 Å². The molecular formula is C19H23N3O. The van der Waals surface area contributed by atoms with E-state index in [0.29, 0.717) is 6.04 Å². The van der Waals surface area contributed by atoms with Crippen LogP contribution in [0.1, 0.15) is 32.1 Å². The standard InChI is InChI=1S/C19H23N3O/c23-19(21-16-5-3-6-16)15-9-12-22(13-10-15)18-17-7-2-1-4-14(17)8-11-20-18/h1-2,4,7-8,11,15-16H,3,5-6,9-10,12-13H2,(H,21,23). The van der Waals surface area contributed by atoms with Gasteiger partial charge >= 0.3 is 0 Å². The van der Waals surface area contributed by atoms with Gasteiger partial charge in [-0.15, -0.1) is 0 Å². The van der Waals surface area contributed by atoms with Crippen molar-refractivity contribution in [3.05, 3.63) is 36.5 Å². The summed E-state index contributed by atoms with van der Waals surface area (Å²) in [7, 11) is 0. The van der Waals surface area contributed by atoms with Crippen molar-refractivity contribution in [1.29, 1.82) is 0 Å². The van der Waals surface area contributed by atoms with Crippen LogP contribution in [0.2, 0.25) is 0 Å². The van der Waals surface area contributed by atoms with E-state index in [9.17, 15) is 4.79 Å². The van der Waals surface area contributed by atoms with Crippen LogP contribution in [0.15, 0.2) is 36.5 Å². The van der Waals surface area contributed by atoms with Crippen molar-refractivity contribution in [3.63, 3.8) is 0 Å². The summed E-state index contributed by atoms with van der Waals surface area (Å²) in [5, 5.41) is 5.62. The highest BCUT2D eigenvalue weighted by molar-refractivity contribution is 5.92. The molecule has 4 nitrogen and oxygen atoms in total. The molecule has 1 aromatic carbocycles. The van der Waals surface area contributed by atoms with Crippen LogP contribution in [0.25, 0.3) is 10.8 Å². The summed E-state index contributed by atoms with van der Waals surface area (Å²) < 4.78 is 0. The quantitative estimate of drug-likeness (QED) is 0.947. The third-order valence-corrected chi connectivity index (χ3v) is 5.27. The third-order valence-electron chi connectivity index (χ3n) is 5.27. The molecule has 23 heavy (non-hydrogen) atoms. The zero-order valence-corrected chi connectivity index (χ0v) is 13.4. The van der Waals surface area contributed by atoms with Gasteiger partial charge in [0.15, 0.2) is 0 Å². The number of carbonyl (C=O) groups excluding carboxylic acids is 1. The predicted octanol–water partition coefficient (Wildman–Crippen LogP) is 3.12. The highest BCUT2D eigenvalue weighted by Gasteiger charge is 2.28. The maximum Gasteiger partial charge on any atom is 0.223 e. The van der Waals surface area contributed by atoms with E-state index in [1.165, 1.54) is 17.2 Å². The molecule has 1 N–H and O–H groups in total. The fraction of sp³-hybridized carbons (Fsp3) is 0.474. The largest absolute Gasteiger partial charge is 0.356 e. The fourth-order valence-corrected chi connectivity index (χ4v) is 3.58. The Bertz CT molecular complexity index is 697. The van der Waals surface area contributed by atoms with Crippen molar-refractivity contribution >= 4 is 22.5 Å². The molecular weight excluding hydrogens is 286 g/mol. The number of aromatic nitrogens is 1. The average Bonchev–Trinajstić information content (AvgIpc) is 2.57. The Morgan fingerprint density at radius 2 is 1.87 bits per heavy atom. The van der Waals surface area contributed by atoms with Crippen LogP contribution in [0, 0.1) is 5.92 Å². The van der Waals surface area contributed by atoms with Crippen molar-refractivity contribution in [2.45, 2.75) is 38.1 Å². The van der Waals surface area contributed by atoms with Crippen molar-refractivity contribution < 1.29 is 4.79 Å². The number of rotatable bonds is 3. The van der Waals surface area contributed by atoms with Crippen LogP contribution in [0.5, 0.6) is 0 Å². The van der Waals surface area contributed by atoms with E-state index in [-0.39, 0.29) is 11.8 Å². The molecule has 2 aliphatic rings. The Hall–Kier alpha value is -2.10. The number of anilines is 1. The molecule has 0 unspecified atom stereocenters. The van der Waals surface area contributed by atoms with Gasteiger partial charge in [0.25, 0.3) is 0 Å². The molecule has 120 valence electrons. The third kappa shape index (κ3) is 2.90. The first kappa shape index (κ1) is 14.5. The molecule has 2 heterocycles. The van der Waals surface area contributed by atoms with Gasteiger partial charge in [0.05, 0.1) is 0 Å². The number of fused-ring (bicyclic) bond motifs is 1. The van der Waals surface area contributed by atoms with Crippen LogP contribution < -0.4 is 10.2 Å². The minimum absolute atomic E-state index is 0.168. The van der Waals surface area contributed by atoms with Crippen LogP contribution >= 0.6 is 0 Å². The zero-order chi connectivity index (χ0) is 15.6. The van der Waals surface area contributed by atoms with Crippen LogP contribution in [-0.2, 0) is 4.79 Å². The Morgan fingerprint density at radius 1 is 1.09 bits per heavy atom. The number of hydrogen-bond donors (Lipinski definition) is 1. The lowest BCUT2D eigenvalue weighted by Crippen LogP contribution is -2.46. The van der Waals surface area contributed by atoms with E-state index in [4.69, 9.17) is 0 Å². The number of amides is 1. The van der Waals surface area contributed by atoms with Crippen molar-refractivity contribution in [1.82, 2.24) is 10.3 Å². The Balaban J connectivity index is 1.43. The number of pyridine rings is 1. The topological polar surface area (TPSA) is 45.2 Å². The van der Waals surface area contributed by atoms with E-state index in [0.717, 1.165) is 44.6 Å². The van der Waals surface area contributed by atoms with Gasteiger partial charge in [-0.25, -0.2) is 4.98 Å². The van der Waals surface area contributed by atoms with Gasteiger partial charge in [-0.3, -0.25) is 4.79 Å². The summed E-state index contributed by atoms with van der Waals surface area (Å²) in [5.74, 6) is 1.49. The molecule has 4 heteroatoms. The molecule has 4 rings (SSSR count). The molecule has 1 saturated heterocycles. The Kier molecular flexibility index (Phi) is 3.90. The second kappa shape index (κ2) is 6.19. The number of hydrogen-bond acceptors (Lipinski definition) is 3. The molecule has 1 aliphatic heterocycles. The summed E-state index contributed by atoms with van der Waals surface area (Å²) in [6.45, 7) is 1.81. The van der Waals surface area contributed by atoms with E-state index in [1.54, 1.807) is 0 Å². The first-order valence-electron chi connectivity index (χ1n) is 8.70. The lowest BCUT2D eigenvalue weighted by atomic mass is 9.90. The SMILES string of the molecule is O=C(NC1CCC1)C1CCN(c2nccc3ccccc23)CC1. The van der Waals surface area contributed by atoms with Crippen molar-refractivity contribution in [2.75, 3.05) is 18.0 Å². The first-order chi connectivity index (χ1) is 11.3. The maximum absolute atomic E-state index is 12.3. The molecule has 1 saturated carbocycles. The molecule has 0 bridgehead atoms. The number of nitrogens with zero attached hydrogens (tertiary/aromatic N) is 2. The van der Waals surface area contributed by atoms with Gasteiger partial charge < -0.3 is 10.2 Å². The van der Waals surface area contributed by atoms with Gasteiger partial charge in [0.2, 0.25) is 5.91 Å². The summed E-state index contributed by atoms with van der Waals surface area (Å²) in [6.07, 6.45) is 7.30. The van der Waals surface area contributed by atoms with Crippen molar-refractivity contribution in [2.24, 2.45) is 5.92 Å². The molecule has 0 radical (unpaired) electrons. The Morgan fingerprint density at radius 3 is 2.61 bits per heavy atom. The highest BCUT2D eigenvalue weighted by Crippen LogP contribution is 2.28. The second-order valence-corrected chi connectivity index (χ2v) is 6.75. The number of nitrogens with one attached hydrogen (secondary N) is 1. The highest BCUT2D eigenvalue weighted by atomic mass is 16.1. The summed E-state index contributed by atoms with van der Waals surface area (Å²) in [4.78, 5) is 19.2. The van der Waals surface area contributed by atoms with Crippen LogP contribution in [0.3, 0.4) is 0 Å². The lowest BCUT2D eigenvalue weighted by Gasteiger charge is -2.34. The predicted molar refractivity (Wildman–Crippen MR) is 92.5 cm³/mol. The number of piperidine rings is 1. The van der Waals surface area contributed by atoms with Gasteiger partial charge in [-0.1, -0.05) is 24.3 Å². The fourth-order valence-electron chi connectivity index (χ4n) is 3.58. The minimum atomic E-state index is 0.168. The summed E-state index contributed by atoms with van der Waals surface area (Å²) in [5.41, 5.74) is 0. The van der Waals surface area contributed by atoms with E-state index < -0.39 is 0 Å². The average molecular weight is 309 g/mol. The summed E-state index contributed by atoms with van der Waals surface area (Å²) >= 11 is 0. The zero-order valence-electron chi connectivity index (χ0n) is 13.4. The normalized spacial score (nSPS) is 19.6. The Labute approximate surface area is 136 Å². The maximum atomic E-state index is 12.3. The van der Waals surface area contributed by atoms with Crippen LogP contribution in [-0.4, -0.2) is 30.0 Å². The monoisotopic (exact) mass is 309 g/mol. The minimum Gasteiger partial charge on any atom is -0.356 e. The number of carbonyl (C=O) groups is 1. The molecule has 1 amide bonds. The first-order valence-corrected chi connectivity index (χ1v) is 8.70. The van der Waals surface area contributed by atoms with Gasteiger partial charge in [0, 0.05) is 36.6 Å². The summed E-state index contributed by atoms with van der Waals surface area (Å²) in [6, 6.07) is 10.9. The van der Waals surface area contributed by atoms with Gasteiger partial charge in [-0.05, 0) is 43.6 Å². The smallest absolute Gasteiger partial charge is 0.223 e. The molecule has 2 fully saturated rings. The molecule has 1 aromatic heterocycles. The molecule has 1 aliphatic carbocycles. The number of benzene rings is 1. The second-order valence-electron chi connectivity index (χ2n) is 6.75.